The minimum atomic E-state index is -3.82. The number of rotatable bonds is 8. The Balaban J connectivity index is 4.23. The molecular formula is C8H12O6S2. The molecule has 0 fully saturated rings. The molecule has 0 rings (SSSR count). The third-order valence-electron chi connectivity index (χ3n) is 1.21. The molecule has 6 nitrogen and oxygen atoms in total. The van der Waals surface area contributed by atoms with Gasteiger partial charge >= 0.3 is 20.2 Å². The number of hydrogen-bond donors (Lipinski definition) is 0. The van der Waals surface area contributed by atoms with Gasteiger partial charge in [0.05, 0.1) is 23.7 Å². The van der Waals surface area contributed by atoms with Gasteiger partial charge in [-0.15, -0.1) is 0 Å². The third-order valence-corrected chi connectivity index (χ3v) is 3.31. The normalized spacial score (nSPS) is 12.2. The first kappa shape index (κ1) is 14.7. The maximum atomic E-state index is 11.0. The smallest absolute Gasteiger partial charge is 0.331 e. The van der Waals surface area contributed by atoms with Crippen molar-refractivity contribution < 1.29 is 25.2 Å². The third kappa shape index (κ3) is 7.07. The van der Waals surface area contributed by atoms with Crippen molar-refractivity contribution in [3.05, 3.63) is 37.2 Å². The molecule has 92 valence electrons. The van der Waals surface area contributed by atoms with E-state index in [2.05, 4.69) is 21.5 Å². The van der Waals surface area contributed by atoms with Crippen LogP contribution in [0.2, 0.25) is 0 Å². The highest BCUT2D eigenvalue weighted by atomic mass is 32.2. The molecule has 0 aromatic carbocycles. The molecular weight excluding hydrogens is 256 g/mol. The van der Waals surface area contributed by atoms with Crippen LogP contribution in [0.5, 0.6) is 0 Å². The van der Waals surface area contributed by atoms with Crippen molar-refractivity contribution >= 4 is 20.2 Å². The van der Waals surface area contributed by atoms with Gasteiger partial charge in [-0.2, -0.15) is 16.8 Å². The zero-order valence-electron chi connectivity index (χ0n) is 8.40. The van der Waals surface area contributed by atoms with Crippen molar-refractivity contribution in [2.75, 3.05) is 5.75 Å². The Morgan fingerprint density at radius 3 is 2.06 bits per heavy atom. The van der Waals surface area contributed by atoms with Gasteiger partial charge in [0.25, 0.3) is 0 Å². The van der Waals surface area contributed by atoms with E-state index in [-0.39, 0.29) is 12.2 Å². The SMILES string of the molecule is C=COS(=O)(=O)C=CCCS(=O)(=O)OC=C. The van der Waals surface area contributed by atoms with Crippen LogP contribution >= 0.6 is 0 Å². The molecule has 0 heterocycles. The van der Waals surface area contributed by atoms with Crippen molar-refractivity contribution in [2.24, 2.45) is 0 Å². The molecule has 8 heteroatoms. The fourth-order valence-corrected chi connectivity index (χ4v) is 2.03. The van der Waals surface area contributed by atoms with E-state index in [1.165, 1.54) is 0 Å². The van der Waals surface area contributed by atoms with Crippen LogP contribution < -0.4 is 0 Å². The second-order valence-electron chi connectivity index (χ2n) is 2.44. The maximum Gasteiger partial charge on any atom is 0.331 e. The predicted molar refractivity (Wildman–Crippen MR) is 59.0 cm³/mol. The van der Waals surface area contributed by atoms with Gasteiger partial charge < -0.3 is 8.37 Å². The van der Waals surface area contributed by atoms with Crippen LogP contribution in [0.4, 0.5) is 0 Å². The minimum absolute atomic E-state index is 0.0180. The Kier molecular flexibility index (Phi) is 5.83. The summed E-state index contributed by atoms with van der Waals surface area (Å²) in [6, 6.07) is 0. The van der Waals surface area contributed by atoms with Crippen LogP contribution in [0.1, 0.15) is 6.42 Å². The Bertz CT molecular complexity index is 457. The van der Waals surface area contributed by atoms with Gasteiger partial charge in [0, 0.05) is 0 Å². The van der Waals surface area contributed by atoms with E-state index in [9.17, 15) is 16.8 Å². The predicted octanol–water partition coefficient (Wildman–Crippen LogP) is 0.870. The monoisotopic (exact) mass is 268 g/mol. The summed E-state index contributed by atoms with van der Waals surface area (Å²) in [6.45, 7) is 6.17. The fraction of sp³-hybridized carbons (Fsp3) is 0.250. The summed E-state index contributed by atoms with van der Waals surface area (Å²) in [7, 11) is -7.50. The number of hydrogen-bond acceptors (Lipinski definition) is 6. The largest absolute Gasteiger partial charge is 0.391 e. The second kappa shape index (κ2) is 6.33. The topological polar surface area (TPSA) is 86.7 Å². The van der Waals surface area contributed by atoms with Gasteiger partial charge in [-0.05, 0) is 6.42 Å². The summed E-state index contributed by atoms with van der Waals surface area (Å²) < 4.78 is 52.1. The molecule has 0 aromatic heterocycles. The Labute approximate surface area is 95.1 Å². The molecule has 0 spiro atoms. The molecule has 0 saturated heterocycles. The van der Waals surface area contributed by atoms with Gasteiger partial charge in [-0.25, -0.2) is 0 Å². The Morgan fingerprint density at radius 1 is 1.00 bits per heavy atom. The van der Waals surface area contributed by atoms with Gasteiger partial charge in [-0.3, -0.25) is 0 Å². The highest BCUT2D eigenvalue weighted by molar-refractivity contribution is 7.89. The van der Waals surface area contributed by atoms with Gasteiger partial charge in [0.15, 0.2) is 0 Å². The van der Waals surface area contributed by atoms with Crippen LogP contribution in [-0.2, 0) is 28.6 Å². The summed E-state index contributed by atoms with van der Waals surface area (Å²) in [5.74, 6) is -0.348. The highest BCUT2D eigenvalue weighted by Gasteiger charge is 2.08. The molecule has 0 N–H and O–H groups in total. The van der Waals surface area contributed by atoms with Crippen molar-refractivity contribution in [1.82, 2.24) is 0 Å². The zero-order valence-corrected chi connectivity index (χ0v) is 10.0. The van der Waals surface area contributed by atoms with E-state index in [4.69, 9.17) is 0 Å². The van der Waals surface area contributed by atoms with Crippen molar-refractivity contribution in [1.29, 1.82) is 0 Å². The first-order valence-electron chi connectivity index (χ1n) is 4.05. The summed E-state index contributed by atoms with van der Waals surface area (Å²) in [5, 5.41) is 0.748. The van der Waals surface area contributed by atoms with Crippen LogP contribution in [0, 0.1) is 0 Å². The first-order valence-corrected chi connectivity index (χ1v) is 7.10. The molecule has 0 aliphatic heterocycles. The van der Waals surface area contributed by atoms with Crippen LogP contribution in [0.25, 0.3) is 0 Å². The zero-order chi connectivity index (χ0) is 12.7. The number of allylic oxidation sites excluding steroid dienone is 1. The molecule has 16 heavy (non-hydrogen) atoms. The summed E-state index contributed by atoms with van der Waals surface area (Å²) >= 11 is 0. The lowest BCUT2D eigenvalue weighted by atomic mass is 10.5. The van der Waals surface area contributed by atoms with E-state index < -0.39 is 20.2 Å². The lowest BCUT2D eigenvalue weighted by Gasteiger charge is -1.99. The molecule has 0 aliphatic rings. The van der Waals surface area contributed by atoms with Crippen LogP contribution in [-0.4, -0.2) is 22.6 Å². The van der Waals surface area contributed by atoms with E-state index >= 15 is 0 Å². The lowest BCUT2D eigenvalue weighted by molar-refractivity contribution is 0.444. The van der Waals surface area contributed by atoms with Crippen molar-refractivity contribution in [3.8, 4) is 0 Å². The second-order valence-corrected chi connectivity index (χ2v) is 5.61. The van der Waals surface area contributed by atoms with Crippen molar-refractivity contribution in [3.63, 3.8) is 0 Å². The molecule has 0 unspecified atom stereocenters. The highest BCUT2D eigenvalue weighted by Crippen LogP contribution is 2.01. The van der Waals surface area contributed by atoms with Crippen LogP contribution in [0.15, 0.2) is 37.2 Å². The average Bonchev–Trinajstić information content (AvgIpc) is 2.12. The quantitative estimate of drug-likeness (QED) is 0.479. The lowest BCUT2D eigenvalue weighted by Crippen LogP contribution is -2.06. The van der Waals surface area contributed by atoms with Crippen LogP contribution in [0.3, 0.4) is 0 Å². The van der Waals surface area contributed by atoms with E-state index in [1.807, 2.05) is 0 Å². The molecule has 0 atom stereocenters. The summed E-state index contributed by atoms with van der Waals surface area (Å²) in [6.07, 6.45) is 2.67. The average molecular weight is 268 g/mol. The molecule has 0 aromatic rings. The standard InChI is InChI=1S/C8H12O6S2/c1-3-13-15(9,10)7-5-6-8-16(11,12)14-4-2/h3-5,7H,1-2,6,8H2. The van der Waals surface area contributed by atoms with E-state index in [0.717, 1.165) is 24.0 Å². The van der Waals surface area contributed by atoms with E-state index in [1.54, 1.807) is 0 Å². The molecule has 0 bridgehead atoms. The van der Waals surface area contributed by atoms with Crippen molar-refractivity contribution in [2.45, 2.75) is 6.42 Å². The molecule has 0 radical (unpaired) electrons. The molecule has 0 amide bonds. The maximum absolute atomic E-state index is 11.0. The van der Waals surface area contributed by atoms with Gasteiger partial charge in [-0.1, -0.05) is 19.2 Å². The van der Waals surface area contributed by atoms with E-state index in [0.29, 0.717) is 0 Å². The Morgan fingerprint density at radius 2 is 1.56 bits per heavy atom. The molecule has 0 saturated carbocycles. The van der Waals surface area contributed by atoms with Gasteiger partial charge in [0.1, 0.15) is 0 Å². The Hall–Kier alpha value is -1.28. The fourth-order valence-electron chi connectivity index (χ4n) is 0.677. The summed E-state index contributed by atoms with van der Waals surface area (Å²) in [4.78, 5) is 0. The molecule has 0 aliphatic carbocycles. The van der Waals surface area contributed by atoms with Gasteiger partial charge in [0.2, 0.25) is 0 Å². The minimum Gasteiger partial charge on any atom is -0.391 e. The first-order chi connectivity index (χ1) is 7.33. The summed E-state index contributed by atoms with van der Waals surface area (Å²) in [5.41, 5.74) is 0.